The summed E-state index contributed by atoms with van der Waals surface area (Å²) in [4.78, 5) is 33.4. The average Bonchev–Trinajstić information content (AvgIpc) is 2.51. The highest BCUT2D eigenvalue weighted by Crippen LogP contribution is 1.99. The quantitative estimate of drug-likeness (QED) is 0.120. The molecule has 0 bridgehead atoms. The van der Waals surface area contributed by atoms with Crippen molar-refractivity contribution in [3.05, 3.63) is 0 Å². The van der Waals surface area contributed by atoms with Crippen molar-refractivity contribution >= 4 is 23.7 Å². The van der Waals surface area contributed by atoms with Crippen LogP contribution in [0.4, 0.5) is 0 Å². The second-order valence-corrected chi connectivity index (χ2v) is 5.26. The van der Waals surface area contributed by atoms with E-state index in [1.54, 1.807) is 0 Å². The van der Waals surface area contributed by atoms with Gasteiger partial charge in [0.15, 0.2) is 5.96 Å². The largest absolute Gasteiger partial charge is 0.481 e. The SMILES string of the molecule is N=C(N)NCCCCCC(=O)NCC(O)C(=O)NCCCC(=O)O. The number of unbranched alkanes of at least 4 members (excludes halogenated alkanes) is 2. The predicted octanol–water partition coefficient (Wildman–Crippen LogP) is -1.51. The Morgan fingerprint density at radius 3 is 2.25 bits per heavy atom. The normalized spacial score (nSPS) is 11.4. The minimum absolute atomic E-state index is 0.0605. The number of aliphatic hydroxyl groups is 1. The van der Waals surface area contributed by atoms with E-state index >= 15 is 0 Å². The van der Waals surface area contributed by atoms with Crippen molar-refractivity contribution in [1.29, 1.82) is 5.41 Å². The van der Waals surface area contributed by atoms with E-state index in [9.17, 15) is 19.5 Å². The third-order valence-corrected chi connectivity index (χ3v) is 3.06. The molecule has 0 aliphatic rings. The highest BCUT2D eigenvalue weighted by molar-refractivity contribution is 5.82. The molecule has 0 aliphatic carbocycles. The number of carbonyl (C=O) groups excluding carboxylic acids is 2. The number of hydrogen-bond acceptors (Lipinski definition) is 5. The van der Waals surface area contributed by atoms with Gasteiger partial charge in [0.25, 0.3) is 5.91 Å². The maximum absolute atomic E-state index is 11.6. The highest BCUT2D eigenvalue weighted by atomic mass is 16.4. The Labute approximate surface area is 140 Å². The van der Waals surface area contributed by atoms with Crippen LogP contribution in [0.2, 0.25) is 0 Å². The Balaban J connectivity index is 3.64. The zero-order chi connectivity index (χ0) is 18.4. The van der Waals surface area contributed by atoms with Gasteiger partial charge in [0.05, 0.1) is 6.54 Å². The van der Waals surface area contributed by atoms with Crippen molar-refractivity contribution in [3.63, 3.8) is 0 Å². The van der Waals surface area contributed by atoms with Crippen LogP contribution >= 0.6 is 0 Å². The fourth-order valence-electron chi connectivity index (χ4n) is 1.77. The molecule has 0 saturated carbocycles. The Hall–Kier alpha value is -2.36. The zero-order valence-corrected chi connectivity index (χ0v) is 13.6. The van der Waals surface area contributed by atoms with Gasteiger partial charge in [0.1, 0.15) is 6.10 Å². The molecular formula is C14H27N5O5. The van der Waals surface area contributed by atoms with Crippen LogP contribution in [0.1, 0.15) is 38.5 Å². The van der Waals surface area contributed by atoms with Gasteiger partial charge in [0.2, 0.25) is 5.91 Å². The number of carbonyl (C=O) groups is 3. The molecule has 0 heterocycles. The molecule has 0 saturated heterocycles. The van der Waals surface area contributed by atoms with Crippen LogP contribution in [-0.4, -0.2) is 59.7 Å². The fourth-order valence-corrected chi connectivity index (χ4v) is 1.77. The molecular weight excluding hydrogens is 318 g/mol. The van der Waals surface area contributed by atoms with Gasteiger partial charge in [-0.1, -0.05) is 6.42 Å². The third kappa shape index (κ3) is 13.3. The average molecular weight is 345 g/mol. The Kier molecular flexibility index (Phi) is 11.8. The lowest BCUT2D eigenvalue weighted by Crippen LogP contribution is -2.43. The first-order valence-corrected chi connectivity index (χ1v) is 7.85. The maximum Gasteiger partial charge on any atom is 0.303 e. The van der Waals surface area contributed by atoms with Crippen LogP contribution in [-0.2, 0) is 14.4 Å². The minimum Gasteiger partial charge on any atom is -0.481 e. The first-order chi connectivity index (χ1) is 11.3. The van der Waals surface area contributed by atoms with Crippen LogP contribution in [0, 0.1) is 5.41 Å². The first-order valence-electron chi connectivity index (χ1n) is 7.85. The summed E-state index contributed by atoms with van der Waals surface area (Å²) in [6, 6.07) is 0. The zero-order valence-electron chi connectivity index (χ0n) is 13.6. The van der Waals surface area contributed by atoms with Crippen LogP contribution in [0.25, 0.3) is 0 Å². The molecule has 0 aliphatic heterocycles. The van der Waals surface area contributed by atoms with Crippen molar-refractivity contribution in [2.45, 2.75) is 44.6 Å². The number of carboxylic acid groups (broad SMARTS) is 1. The summed E-state index contributed by atoms with van der Waals surface area (Å²) < 4.78 is 0. The van der Waals surface area contributed by atoms with E-state index in [-0.39, 0.29) is 44.2 Å². The molecule has 0 radical (unpaired) electrons. The lowest BCUT2D eigenvalue weighted by molar-refractivity contribution is -0.137. The number of amides is 2. The molecule has 1 atom stereocenters. The summed E-state index contributed by atoms with van der Waals surface area (Å²) in [5, 5.41) is 32.5. The monoisotopic (exact) mass is 345 g/mol. The van der Waals surface area contributed by atoms with Gasteiger partial charge in [-0.05, 0) is 19.3 Å². The summed E-state index contributed by atoms with van der Waals surface area (Å²) in [5.74, 6) is -1.93. The van der Waals surface area contributed by atoms with E-state index in [2.05, 4.69) is 16.0 Å². The second kappa shape index (κ2) is 13.1. The van der Waals surface area contributed by atoms with Crippen LogP contribution in [0.5, 0.6) is 0 Å². The van der Waals surface area contributed by atoms with Gasteiger partial charge in [-0.2, -0.15) is 0 Å². The molecule has 10 nitrogen and oxygen atoms in total. The van der Waals surface area contributed by atoms with Gasteiger partial charge < -0.3 is 31.9 Å². The van der Waals surface area contributed by atoms with Crippen molar-refractivity contribution in [1.82, 2.24) is 16.0 Å². The molecule has 2 amide bonds. The predicted molar refractivity (Wildman–Crippen MR) is 87.3 cm³/mol. The lowest BCUT2D eigenvalue weighted by Gasteiger charge is -2.12. The first kappa shape index (κ1) is 21.6. The van der Waals surface area contributed by atoms with Crippen molar-refractivity contribution in [3.8, 4) is 0 Å². The molecule has 0 aromatic carbocycles. The number of nitrogens with one attached hydrogen (secondary N) is 4. The molecule has 1 unspecified atom stereocenters. The molecule has 0 aromatic heterocycles. The number of nitrogens with two attached hydrogens (primary N) is 1. The number of rotatable bonds is 13. The van der Waals surface area contributed by atoms with E-state index in [0.717, 1.165) is 12.8 Å². The van der Waals surface area contributed by atoms with Crippen molar-refractivity contribution < 1.29 is 24.6 Å². The van der Waals surface area contributed by atoms with Gasteiger partial charge in [-0.25, -0.2) is 0 Å². The molecule has 10 heteroatoms. The van der Waals surface area contributed by atoms with Crippen LogP contribution in [0.3, 0.4) is 0 Å². The molecule has 0 aromatic rings. The summed E-state index contributed by atoms with van der Waals surface area (Å²) in [6.07, 6.45) is 1.37. The number of aliphatic carboxylic acids is 1. The van der Waals surface area contributed by atoms with Gasteiger partial charge in [0, 0.05) is 25.9 Å². The molecule has 0 spiro atoms. The van der Waals surface area contributed by atoms with Crippen LogP contribution < -0.4 is 21.7 Å². The van der Waals surface area contributed by atoms with Gasteiger partial charge >= 0.3 is 5.97 Å². The standard InChI is InChI=1S/C14H27N5O5/c15-14(16)18-7-3-1-2-5-11(21)19-9-10(20)13(24)17-8-4-6-12(22)23/h10,20H,1-9H2,(H,17,24)(H,19,21)(H,22,23)(H4,15,16,18). The summed E-state index contributed by atoms with van der Waals surface area (Å²) in [5.41, 5.74) is 5.12. The Bertz CT molecular complexity index is 430. The van der Waals surface area contributed by atoms with Crippen molar-refractivity contribution in [2.24, 2.45) is 5.73 Å². The Morgan fingerprint density at radius 2 is 1.62 bits per heavy atom. The molecule has 0 fully saturated rings. The molecule has 138 valence electrons. The van der Waals surface area contributed by atoms with E-state index in [1.807, 2.05) is 0 Å². The number of guanidine groups is 1. The highest BCUT2D eigenvalue weighted by Gasteiger charge is 2.15. The summed E-state index contributed by atoms with van der Waals surface area (Å²) >= 11 is 0. The number of carboxylic acids is 1. The smallest absolute Gasteiger partial charge is 0.303 e. The summed E-state index contributed by atoms with van der Waals surface area (Å²) in [7, 11) is 0. The third-order valence-electron chi connectivity index (χ3n) is 3.06. The lowest BCUT2D eigenvalue weighted by atomic mass is 10.2. The number of aliphatic hydroxyl groups excluding tert-OH is 1. The van der Waals surface area contributed by atoms with E-state index in [1.165, 1.54) is 0 Å². The van der Waals surface area contributed by atoms with E-state index in [0.29, 0.717) is 13.0 Å². The van der Waals surface area contributed by atoms with E-state index < -0.39 is 18.0 Å². The molecule has 24 heavy (non-hydrogen) atoms. The molecule has 8 N–H and O–H groups in total. The van der Waals surface area contributed by atoms with Crippen LogP contribution in [0.15, 0.2) is 0 Å². The van der Waals surface area contributed by atoms with E-state index in [4.69, 9.17) is 16.2 Å². The van der Waals surface area contributed by atoms with Gasteiger partial charge in [-0.3, -0.25) is 19.8 Å². The summed E-state index contributed by atoms with van der Waals surface area (Å²) in [6.45, 7) is 0.553. The Morgan fingerprint density at radius 1 is 0.958 bits per heavy atom. The minimum atomic E-state index is -1.36. The van der Waals surface area contributed by atoms with Gasteiger partial charge in [-0.15, -0.1) is 0 Å². The topological polar surface area (TPSA) is 178 Å². The second-order valence-electron chi connectivity index (χ2n) is 5.26. The maximum atomic E-state index is 11.6. The molecule has 0 rings (SSSR count). The van der Waals surface area contributed by atoms with Crippen molar-refractivity contribution in [2.75, 3.05) is 19.6 Å². The number of hydrogen-bond donors (Lipinski definition) is 7. The fraction of sp³-hybridized carbons (Fsp3) is 0.714.